The van der Waals surface area contributed by atoms with Crippen LogP contribution in [0.1, 0.15) is 23.5 Å². The fraction of sp³-hybridized carbons (Fsp3) is 0.545. The summed E-state index contributed by atoms with van der Waals surface area (Å²) in [7, 11) is 0. The van der Waals surface area contributed by atoms with Crippen LogP contribution < -0.4 is 10.6 Å². The fourth-order valence-corrected chi connectivity index (χ4v) is 4.81. The Bertz CT molecular complexity index is 842. The van der Waals surface area contributed by atoms with E-state index in [1.807, 2.05) is 12.1 Å². The first-order valence-electron chi connectivity index (χ1n) is 10.8. The lowest BCUT2D eigenvalue weighted by Crippen LogP contribution is -2.51. The summed E-state index contributed by atoms with van der Waals surface area (Å²) in [5.74, 6) is 1.07. The molecule has 31 heavy (non-hydrogen) atoms. The molecular formula is C22H32FIN6S. The van der Waals surface area contributed by atoms with E-state index in [0.29, 0.717) is 11.9 Å². The van der Waals surface area contributed by atoms with E-state index in [0.717, 1.165) is 75.9 Å². The van der Waals surface area contributed by atoms with Crippen molar-refractivity contribution in [1.82, 2.24) is 14.8 Å². The molecule has 0 unspecified atom stereocenters. The topological polar surface area (TPSA) is 61.0 Å². The third-order valence-electron chi connectivity index (χ3n) is 6.07. The second-order valence-electron chi connectivity index (χ2n) is 8.23. The summed E-state index contributed by atoms with van der Waals surface area (Å²) in [6, 6.07) is 6.70. The number of rotatable bonds is 5. The van der Waals surface area contributed by atoms with Crippen molar-refractivity contribution in [2.75, 3.05) is 50.7 Å². The molecule has 9 heteroatoms. The standard InChI is InChI=1S/C22H31FN6S.HI/c1-17-26-20(16-30-17)15-27-8-6-18(7-9-27)14-25-22(24)29-12-10-28(11-13-29)21-4-2-19(23)3-5-21;/h2-5,16,18H,6-15H2,1H3,(H2,24,25);1H. The van der Waals surface area contributed by atoms with E-state index in [1.54, 1.807) is 11.3 Å². The molecule has 0 aliphatic carbocycles. The number of nitrogens with two attached hydrogens (primary N) is 1. The highest BCUT2D eigenvalue weighted by Crippen LogP contribution is 2.21. The number of piperazine rings is 1. The van der Waals surface area contributed by atoms with Crippen LogP contribution in [0.5, 0.6) is 0 Å². The third-order valence-corrected chi connectivity index (χ3v) is 6.89. The van der Waals surface area contributed by atoms with E-state index in [-0.39, 0.29) is 29.8 Å². The van der Waals surface area contributed by atoms with Crippen molar-refractivity contribution >= 4 is 47.0 Å². The van der Waals surface area contributed by atoms with Crippen molar-refractivity contribution in [2.24, 2.45) is 16.6 Å². The monoisotopic (exact) mass is 558 g/mol. The van der Waals surface area contributed by atoms with Crippen molar-refractivity contribution < 1.29 is 4.39 Å². The maximum Gasteiger partial charge on any atom is 0.191 e. The lowest BCUT2D eigenvalue weighted by molar-refractivity contribution is 0.179. The third kappa shape index (κ3) is 6.76. The second kappa shape index (κ2) is 11.4. The molecule has 4 rings (SSSR count). The summed E-state index contributed by atoms with van der Waals surface area (Å²) in [6.07, 6.45) is 2.33. The average molecular weight is 559 g/mol. The number of benzene rings is 1. The van der Waals surface area contributed by atoms with Gasteiger partial charge in [-0.05, 0) is 63.0 Å². The van der Waals surface area contributed by atoms with Crippen molar-refractivity contribution in [3.8, 4) is 0 Å². The first kappa shape index (κ1) is 24.2. The number of nitrogens with zero attached hydrogens (tertiary/aromatic N) is 5. The van der Waals surface area contributed by atoms with Gasteiger partial charge in [0.1, 0.15) is 5.82 Å². The molecule has 0 bridgehead atoms. The number of aliphatic imine (C=N–C) groups is 1. The number of piperidine rings is 1. The van der Waals surface area contributed by atoms with Gasteiger partial charge >= 0.3 is 0 Å². The van der Waals surface area contributed by atoms with Gasteiger partial charge in [-0.15, -0.1) is 35.3 Å². The van der Waals surface area contributed by atoms with Gasteiger partial charge in [-0.2, -0.15) is 0 Å². The molecule has 1 aromatic carbocycles. The predicted molar refractivity (Wildman–Crippen MR) is 137 cm³/mol. The molecule has 2 N–H and O–H groups in total. The fourth-order valence-electron chi connectivity index (χ4n) is 4.21. The molecule has 0 spiro atoms. The number of likely N-dealkylation sites (tertiary alicyclic amines) is 1. The summed E-state index contributed by atoms with van der Waals surface area (Å²) in [4.78, 5) is 16.2. The Morgan fingerprint density at radius 1 is 1.13 bits per heavy atom. The molecule has 170 valence electrons. The minimum Gasteiger partial charge on any atom is -0.370 e. The van der Waals surface area contributed by atoms with Crippen molar-refractivity contribution in [3.05, 3.63) is 46.2 Å². The summed E-state index contributed by atoms with van der Waals surface area (Å²) in [5.41, 5.74) is 8.55. The van der Waals surface area contributed by atoms with Gasteiger partial charge in [0.2, 0.25) is 0 Å². The zero-order chi connectivity index (χ0) is 20.9. The first-order valence-corrected chi connectivity index (χ1v) is 11.6. The number of aromatic nitrogens is 1. The summed E-state index contributed by atoms with van der Waals surface area (Å²) < 4.78 is 13.1. The minimum absolute atomic E-state index is 0. The molecule has 2 aliphatic rings. The van der Waals surface area contributed by atoms with Gasteiger partial charge in [0.15, 0.2) is 5.96 Å². The smallest absolute Gasteiger partial charge is 0.191 e. The molecule has 2 saturated heterocycles. The normalized spacial score (nSPS) is 18.8. The molecule has 2 aliphatic heterocycles. The van der Waals surface area contributed by atoms with Crippen LogP contribution in [-0.2, 0) is 6.54 Å². The molecule has 0 amide bonds. The minimum atomic E-state index is -0.196. The summed E-state index contributed by atoms with van der Waals surface area (Å²) >= 11 is 1.73. The Hall–Kier alpha value is -1.46. The second-order valence-corrected chi connectivity index (χ2v) is 9.29. The van der Waals surface area contributed by atoms with Crippen LogP contribution in [-0.4, -0.2) is 66.6 Å². The molecule has 0 atom stereocenters. The van der Waals surface area contributed by atoms with Gasteiger partial charge in [0.25, 0.3) is 0 Å². The van der Waals surface area contributed by atoms with Crippen LogP contribution in [0, 0.1) is 18.7 Å². The molecule has 0 radical (unpaired) electrons. The van der Waals surface area contributed by atoms with Crippen molar-refractivity contribution in [3.63, 3.8) is 0 Å². The number of hydrogen-bond acceptors (Lipinski definition) is 5. The van der Waals surface area contributed by atoms with Gasteiger partial charge < -0.3 is 15.5 Å². The molecule has 1 aromatic heterocycles. The maximum atomic E-state index is 13.1. The average Bonchev–Trinajstić information content (AvgIpc) is 3.18. The Morgan fingerprint density at radius 3 is 2.42 bits per heavy atom. The van der Waals surface area contributed by atoms with Crippen LogP contribution in [0.3, 0.4) is 0 Å². The number of hydrogen-bond donors (Lipinski definition) is 1. The summed E-state index contributed by atoms with van der Waals surface area (Å²) in [5, 5.41) is 3.31. The number of thiazole rings is 1. The number of guanidine groups is 1. The molecular weight excluding hydrogens is 526 g/mol. The maximum absolute atomic E-state index is 13.1. The predicted octanol–water partition coefficient (Wildman–Crippen LogP) is 3.56. The Labute approximate surface area is 205 Å². The first-order chi connectivity index (χ1) is 14.6. The van der Waals surface area contributed by atoms with E-state index in [2.05, 4.69) is 32.0 Å². The van der Waals surface area contributed by atoms with Crippen LogP contribution in [0.2, 0.25) is 0 Å². The van der Waals surface area contributed by atoms with Gasteiger partial charge in [-0.25, -0.2) is 9.37 Å². The zero-order valence-corrected chi connectivity index (χ0v) is 21.2. The zero-order valence-electron chi connectivity index (χ0n) is 18.0. The number of anilines is 1. The van der Waals surface area contributed by atoms with Gasteiger partial charge in [0, 0.05) is 50.3 Å². The molecule has 6 nitrogen and oxygen atoms in total. The quantitative estimate of drug-likeness (QED) is 0.346. The molecule has 3 heterocycles. The van der Waals surface area contributed by atoms with E-state index >= 15 is 0 Å². The Morgan fingerprint density at radius 2 is 1.81 bits per heavy atom. The largest absolute Gasteiger partial charge is 0.370 e. The van der Waals surface area contributed by atoms with E-state index < -0.39 is 0 Å². The number of aryl methyl sites for hydroxylation is 1. The van der Waals surface area contributed by atoms with E-state index in [1.165, 1.54) is 17.8 Å². The molecule has 2 aromatic rings. The SMILES string of the molecule is Cc1nc(CN2CCC(CN=C(N)N3CCN(c4ccc(F)cc4)CC3)CC2)cs1.I. The lowest BCUT2D eigenvalue weighted by Gasteiger charge is -2.37. The van der Waals surface area contributed by atoms with Crippen molar-refractivity contribution in [1.29, 1.82) is 0 Å². The highest BCUT2D eigenvalue weighted by Gasteiger charge is 2.21. The van der Waals surface area contributed by atoms with Crippen LogP contribution >= 0.6 is 35.3 Å². The van der Waals surface area contributed by atoms with Crippen molar-refractivity contribution in [2.45, 2.75) is 26.3 Å². The van der Waals surface area contributed by atoms with Gasteiger partial charge in [-0.1, -0.05) is 0 Å². The van der Waals surface area contributed by atoms with Crippen LogP contribution in [0.4, 0.5) is 10.1 Å². The molecule has 2 fully saturated rings. The molecule has 0 saturated carbocycles. The van der Waals surface area contributed by atoms with E-state index in [9.17, 15) is 4.39 Å². The van der Waals surface area contributed by atoms with Gasteiger partial charge in [-0.3, -0.25) is 9.89 Å². The van der Waals surface area contributed by atoms with Crippen LogP contribution in [0.15, 0.2) is 34.6 Å². The highest BCUT2D eigenvalue weighted by atomic mass is 127. The van der Waals surface area contributed by atoms with Gasteiger partial charge in [0.05, 0.1) is 10.7 Å². The Kier molecular flexibility index (Phi) is 8.91. The number of halogens is 2. The van der Waals surface area contributed by atoms with E-state index in [4.69, 9.17) is 10.7 Å². The van der Waals surface area contributed by atoms with Crippen LogP contribution in [0.25, 0.3) is 0 Å². The highest BCUT2D eigenvalue weighted by molar-refractivity contribution is 14.0. The Balaban J connectivity index is 0.00000272. The summed E-state index contributed by atoms with van der Waals surface area (Å²) in [6.45, 7) is 9.48. The lowest BCUT2D eigenvalue weighted by atomic mass is 9.97.